The molecule has 2 N–H and O–H groups in total. The quantitative estimate of drug-likeness (QED) is 0.584. The topological polar surface area (TPSA) is 92.9 Å². The lowest BCUT2D eigenvalue weighted by molar-refractivity contribution is 0.174. The summed E-state index contributed by atoms with van der Waals surface area (Å²) in [5, 5.41) is 0.601. The smallest absolute Gasteiger partial charge is 0.258 e. The highest BCUT2D eigenvalue weighted by Crippen LogP contribution is 2.35. The number of para-hydroxylation sites is 1. The number of aromatic amines is 2. The Bertz CT molecular complexity index is 1200. The number of benzene rings is 2. The molecular weight excluding hydrogens is 344 g/mol. The van der Waals surface area contributed by atoms with Crippen LogP contribution in [0.15, 0.2) is 53.5 Å². The molecule has 7 heteroatoms. The summed E-state index contributed by atoms with van der Waals surface area (Å²) in [6.07, 6.45) is 3.03. The zero-order valence-electron chi connectivity index (χ0n) is 14.4. The maximum Gasteiger partial charge on any atom is 0.258 e. The fraction of sp³-hybridized carbons (Fsp3) is 0.150. The fourth-order valence-electron chi connectivity index (χ4n) is 3.19. The molecule has 0 radical (unpaired) electrons. The molecule has 0 saturated carbocycles. The van der Waals surface area contributed by atoms with E-state index in [0.29, 0.717) is 29.6 Å². The molecule has 0 fully saturated rings. The first-order valence-corrected chi connectivity index (χ1v) is 8.68. The van der Waals surface area contributed by atoms with Crippen LogP contribution in [0.3, 0.4) is 0 Å². The van der Waals surface area contributed by atoms with Gasteiger partial charge in [-0.15, -0.1) is 0 Å². The summed E-state index contributed by atoms with van der Waals surface area (Å²) in [5.41, 5.74) is 2.48. The number of aryl methyl sites for hydroxylation is 2. The summed E-state index contributed by atoms with van der Waals surface area (Å²) in [4.78, 5) is 27.3. The van der Waals surface area contributed by atoms with E-state index in [-0.39, 0.29) is 12.4 Å². The van der Waals surface area contributed by atoms with Crippen molar-refractivity contribution in [2.45, 2.75) is 12.8 Å². The number of fused-ring (bicyclic) bond motifs is 2. The average Bonchev–Trinajstić information content (AvgIpc) is 3.35. The molecule has 0 bridgehead atoms. The summed E-state index contributed by atoms with van der Waals surface area (Å²) in [6.45, 7) is 0.254. The van der Waals surface area contributed by atoms with Gasteiger partial charge in [0.05, 0.1) is 22.8 Å². The van der Waals surface area contributed by atoms with Crippen LogP contribution in [0.4, 0.5) is 0 Å². The molecule has 4 aromatic rings. The van der Waals surface area contributed by atoms with Gasteiger partial charge in [-0.2, -0.15) is 0 Å². The van der Waals surface area contributed by atoms with E-state index in [1.807, 2.05) is 36.4 Å². The Labute approximate surface area is 154 Å². The van der Waals surface area contributed by atoms with Gasteiger partial charge < -0.3 is 19.4 Å². The molecule has 134 valence electrons. The molecule has 1 aliphatic rings. The Kier molecular flexibility index (Phi) is 3.64. The minimum Gasteiger partial charge on any atom is -0.454 e. The monoisotopic (exact) mass is 360 g/mol. The minimum atomic E-state index is -0.115. The summed E-state index contributed by atoms with van der Waals surface area (Å²) in [7, 11) is 0. The van der Waals surface area contributed by atoms with Crippen molar-refractivity contribution in [3.63, 3.8) is 0 Å². The maximum atomic E-state index is 12.2. The van der Waals surface area contributed by atoms with Crippen LogP contribution in [-0.2, 0) is 12.8 Å². The van der Waals surface area contributed by atoms with Gasteiger partial charge in [0.15, 0.2) is 11.5 Å². The van der Waals surface area contributed by atoms with Gasteiger partial charge in [-0.3, -0.25) is 4.79 Å². The molecule has 2 aromatic heterocycles. The third kappa shape index (κ3) is 2.93. The summed E-state index contributed by atoms with van der Waals surface area (Å²) < 4.78 is 10.8. The van der Waals surface area contributed by atoms with Crippen molar-refractivity contribution in [1.82, 2.24) is 19.9 Å². The van der Waals surface area contributed by atoms with Crippen LogP contribution >= 0.6 is 0 Å². The number of ether oxygens (including phenoxy) is 2. The second-order valence-corrected chi connectivity index (χ2v) is 6.34. The molecule has 0 aliphatic carbocycles. The Balaban J connectivity index is 1.35. The maximum absolute atomic E-state index is 12.2. The highest BCUT2D eigenvalue weighted by atomic mass is 16.7. The number of hydrogen-bond donors (Lipinski definition) is 2. The van der Waals surface area contributed by atoms with Crippen LogP contribution in [0, 0.1) is 0 Å². The second kappa shape index (κ2) is 6.28. The lowest BCUT2D eigenvalue weighted by Crippen LogP contribution is -2.12. The molecule has 0 saturated heterocycles. The Hall–Kier alpha value is -3.61. The molecule has 0 unspecified atom stereocenters. The predicted molar refractivity (Wildman–Crippen MR) is 99.9 cm³/mol. The van der Waals surface area contributed by atoms with Crippen molar-refractivity contribution in [3.05, 3.63) is 70.7 Å². The summed E-state index contributed by atoms with van der Waals surface area (Å²) in [5.74, 6) is 2.98. The zero-order valence-corrected chi connectivity index (χ0v) is 14.4. The highest BCUT2D eigenvalue weighted by Gasteiger charge is 2.15. The predicted octanol–water partition coefficient (Wildman–Crippen LogP) is 2.83. The van der Waals surface area contributed by atoms with Gasteiger partial charge in [0, 0.05) is 18.4 Å². The van der Waals surface area contributed by atoms with Crippen molar-refractivity contribution in [3.8, 4) is 22.8 Å². The normalized spacial score (nSPS) is 12.6. The summed E-state index contributed by atoms with van der Waals surface area (Å²) in [6, 6.07) is 13.1. The average molecular weight is 360 g/mol. The van der Waals surface area contributed by atoms with E-state index in [4.69, 9.17) is 9.47 Å². The first-order chi connectivity index (χ1) is 13.3. The van der Waals surface area contributed by atoms with Gasteiger partial charge >= 0.3 is 0 Å². The zero-order chi connectivity index (χ0) is 18.2. The van der Waals surface area contributed by atoms with Crippen molar-refractivity contribution in [2.75, 3.05) is 6.79 Å². The number of H-pyrrole nitrogens is 2. The molecule has 2 aromatic carbocycles. The first kappa shape index (κ1) is 15.6. The van der Waals surface area contributed by atoms with Gasteiger partial charge in [0.2, 0.25) is 6.79 Å². The van der Waals surface area contributed by atoms with E-state index in [9.17, 15) is 4.79 Å². The first-order valence-electron chi connectivity index (χ1n) is 8.68. The van der Waals surface area contributed by atoms with Crippen molar-refractivity contribution in [1.29, 1.82) is 0 Å². The van der Waals surface area contributed by atoms with Crippen LogP contribution < -0.4 is 15.0 Å². The number of nitrogens with one attached hydrogen (secondary N) is 2. The number of aromatic nitrogens is 4. The van der Waals surface area contributed by atoms with Crippen LogP contribution in [0.5, 0.6) is 11.5 Å². The molecule has 1 aliphatic heterocycles. The van der Waals surface area contributed by atoms with Gasteiger partial charge in [-0.1, -0.05) is 12.1 Å². The van der Waals surface area contributed by atoms with Gasteiger partial charge in [0.25, 0.3) is 5.56 Å². The molecule has 0 amide bonds. The van der Waals surface area contributed by atoms with E-state index in [0.717, 1.165) is 28.6 Å². The van der Waals surface area contributed by atoms with E-state index < -0.39 is 0 Å². The number of rotatable bonds is 4. The second-order valence-electron chi connectivity index (χ2n) is 6.34. The van der Waals surface area contributed by atoms with E-state index in [1.165, 1.54) is 0 Å². The SMILES string of the molecule is O=c1[nH]c(CCc2ncc(-c3ccc4c(c3)OCO4)[nH]2)nc2ccccc12. The lowest BCUT2D eigenvalue weighted by Gasteiger charge is -2.02. The van der Waals surface area contributed by atoms with E-state index in [2.05, 4.69) is 19.9 Å². The van der Waals surface area contributed by atoms with E-state index >= 15 is 0 Å². The van der Waals surface area contributed by atoms with Crippen LogP contribution in [-0.4, -0.2) is 26.7 Å². The van der Waals surface area contributed by atoms with Gasteiger partial charge in [0.1, 0.15) is 11.6 Å². The Morgan fingerprint density at radius 1 is 0.963 bits per heavy atom. The number of nitrogens with zero attached hydrogens (tertiary/aromatic N) is 2. The Morgan fingerprint density at radius 2 is 1.81 bits per heavy atom. The fourth-order valence-corrected chi connectivity index (χ4v) is 3.19. The van der Waals surface area contributed by atoms with Crippen molar-refractivity contribution in [2.24, 2.45) is 0 Å². The third-order valence-corrected chi connectivity index (χ3v) is 4.57. The van der Waals surface area contributed by atoms with Crippen LogP contribution in [0.2, 0.25) is 0 Å². The van der Waals surface area contributed by atoms with Crippen molar-refractivity contribution < 1.29 is 9.47 Å². The van der Waals surface area contributed by atoms with Crippen LogP contribution in [0.1, 0.15) is 11.6 Å². The van der Waals surface area contributed by atoms with E-state index in [1.54, 1.807) is 12.3 Å². The lowest BCUT2D eigenvalue weighted by atomic mass is 10.1. The third-order valence-electron chi connectivity index (χ3n) is 4.57. The number of imidazole rings is 1. The molecule has 0 atom stereocenters. The highest BCUT2D eigenvalue weighted by molar-refractivity contribution is 5.77. The molecule has 5 rings (SSSR count). The number of hydrogen-bond acceptors (Lipinski definition) is 5. The molecule has 7 nitrogen and oxygen atoms in total. The molecule has 0 spiro atoms. The van der Waals surface area contributed by atoms with Gasteiger partial charge in [-0.25, -0.2) is 9.97 Å². The molecule has 3 heterocycles. The van der Waals surface area contributed by atoms with Crippen molar-refractivity contribution >= 4 is 10.9 Å². The largest absolute Gasteiger partial charge is 0.454 e. The molecular formula is C20H16N4O3. The van der Waals surface area contributed by atoms with Gasteiger partial charge in [-0.05, 0) is 30.3 Å². The standard InChI is InChI=1S/C20H16N4O3/c25-20-13-3-1-2-4-14(13)22-19(24-20)8-7-18-21-10-15(23-18)12-5-6-16-17(9-12)27-11-26-16/h1-6,9-10H,7-8,11H2,(H,21,23)(H,22,24,25). The Morgan fingerprint density at radius 3 is 2.78 bits per heavy atom. The molecule has 27 heavy (non-hydrogen) atoms. The summed E-state index contributed by atoms with van der Waals surface area (Å²) >= 11 is 0. The minimum absolute atomic E-state index is 0.115. The van der Waals surface area contributed by atoms with Crippen LogP contribution in [0.25, 0.3) is 22.2 Å².